The summed E-state index contributed by atoms with van der Waals surface area (Å²) in [5.41, 5.74) is 2.26. The van der Waals surface area contributed by atoms with Gasteiger partial charge >= 0.3 is 0 Å². The average Bonchev–Trinajstić information content (AvgIpc) is 2.46. The third kappa shape index (κ3) is 3.80. The van der Waals surface area contributed by atoms with E-state index in [-0.39, 0.29) is 11.5 Å². The van der Waals surface area contributed by atoms with Gasteiger partial charge in [-0.25, -0.2) is 0 Å². The molecule has 5 heteroatoms. The Hall–Kier alpha value is -2.40. The molecule has 1 aromatic carbocycles. The lowest BCUT2D eigenvalue weighted by molar-refractivity contribution is 0.0950. The first kappa shape index (κ1) is 14.0. The summed E-state index contributed by atoms with van der Waals surface area (Å²) in [4.78, 5) is 25.3. The number of hydrogen-bond acceptors (Lipinski definition) is 3. The molecule has 0 atom stereocenters. The first-order chi connectivity index (χ1) is 9.69. The van der Waals surface area contributed by atoms with Crippen molar-refractivity contribution < 1.29 is 9.53 Å². The molecule has 1 amide bonds. The summed E-state index contributed by atoms with van der Waals surface area (Å²) in [7, 11) is 1.64. The molecule has 0 aliphatic heterocycles. The summed E-state index contributed by atoms with van der Waals surface area (Å²) in [5, 5.41) is 2.80. The highest BCUT2D eigenvalue weighted by molar-refractivity contribution is 5.93. The first-order valence-corrected chi connectivity index (χ1v) is 6.23. The van der Waals surface area contributed by atoms with E-state index in [1.807, 2.05) is 24.3 Å². The lowest BCUT2D eigenvalue weighted by Crippen LogP contribution is -2.23. The van der Waals surface area contributed by atoms with Crippen molar-refractivity contribution in [1.82, 2.24) is 10.3 Å². The largest absolute Gasteiger partial charge is 0.380 e. The van der Waals surface area contributed by atoms with Crippen molar-refractivity contribution in [2.24, 2.45) is 0 Å². The van der Waals surface area contributed by atoms with E-state index in [2.05, 4.69) is 10.3 Å². The van der Waals surface area contributed by atoms with E-state index < -0.39 is 0 Å². The topological polar surface area (TPSA) is 71.2 Å². The van der Waals surface area contributed by atoms with Gasteiger partial charge in [0.2, 0.25) is 5.56 Å². The van der Waals surface area contributed by atoms with Crippen LogP contribution in [0.3, 0.4) is 0 Å². The molecule has 5 nitrogen and oxygen atoms in total. The van der Waals surface area contributed by atoms with E-state index in [0.29, 0.717) is 18.7 Å². The Labute approximate surface area is 116 Å². The molecule has 104 valence electrons. The van der Waals surface area contributed by atoms with Crippen LogP contribution < -0.4 is 10.9 Å². The van der Waals surface area contributed by atoms with Crippen LogP contribution in [-0.2, 0) is 17.9 Å². The minimum absolute atomic E-state index is 0.224. The molecule has 2 rings (SSSR count). The van der Waals surface area contributed by atoms with Crippen molar-refractivity contribution in [3.63, 3.8) is 0 Å². The van der Waals surface area contributed by atoms with Gasteiger partial charge < -0.3 is 15.0 Å². The number of amides is 1. The predicted molar refractivity (Wildman–Crippen MR) is 75.4 cm³/mol. The van der Waals surface area contributed by atoms with E-state index >= 15 is 0 Å². The summed E-state index contributed by atoms with van der Waals surface area (Å²) < 4.78 is 5.07. The number of ether oxygens (including phenoxy) is 1. The minimum Gasteiger partial charge on any atom is -0.380 e. The summed E-state index contributed by atoms with van der Waals surface area (Å²) in [6, 6.07) is 10.6. The number of carbonyl (C=O) groups excluding carboxylic acids is 1. The Morgan fingerprint density at radius 1 is 1.25 bits per heavy atom. The average molecular weight is 272 g/mol. The second-order valence-corrected chi connectivity index (χ2v) is 4.38. The molecule has 0 radical (unpaired) electrons. The number of carbonyl (C=O) groups is 1. The van der Waals surface area contributed by atoms with E-state index in [1.54, 1.807) is 7.11 Å². The highest BCUT2D eigenvalue weighted by atomic mass is 16.5. The predicted octanol–water partition coefficient (Wildman–Crippen LogP) is 1.45. The second kappa shape index (κ2) is 6.68. The SMILES string of the molecule is COCc1cccc(CNC(=O)c2ccc(=O)[nH]c2)c1. The number of H-pyrrole nitrogens is 1. The van der Waals surface area contributed by atoms with Gasteiger partial charge in [-0.15, -0.1) is 0 Å². The third-order valence-electron chi connectivity index (χ3n) is 2.80. The number of nitrogens with one attached hydrogen (secondary N) is 2. The Morgan fingerprint density at radius 3 is 2.75 bits per heavy atom. The smallest absolute Gasteiger partial charge is 0.253 e. The first-order valence-electron chi connectivity index (χ1n) is 6.23. The van der Waals surface area contributed by atoms with Crippen molar-refractivity contribution in [3.8, 4) is 0 Å². The molecular weight excluding hydrogens is 256 g/mol. The van der Waals surface area contributed by atoms with Crippen LogP contribution in [0, 0.1) is 0 Å². The zero-order valence-electron chi connectivity index (χ0n) is 11.2. The zero-order valence-corrected chi connectivity index (χ0v) is 11.2. The van der Waals surface area contributed by atoms with Crippen molar-refractivity contribution >= 4 is 5.91 Å². The molecule has 0 bridgehead atoms. The van der Waals surface area contributed by atoms with E-state index in [0.717, 1.165) is 11.1 Å². The van der Waals surface area contributed by atoms with Gasteiger partial charge in [0.25, 0.3) is 5.91 Å². The molecule has 1 aromatic heterocycles. The van der Waals surface area contributed by atoms with Crippen LogP contribution in [0.2, 0.25) is 0 Å². The van der Waals surface area contributed by atoms with Gasteiger partial charge in [-0.2, -0.15) is 0 Å². The number of benzene rings is 1. The van der Waals surface area contributed by atoms with Crippen LogP contribution in [0.15, 0.2) is 47.4 Å². The van der Waals surface area contributed by atoms with E-state index in [1.165, 1.54) is 18.3 Å². The van der Waals surface area contributed by atoms with E-state index in [9.17, 15) is 9.59 Å². The summed E-state index contributed by atoms with van der Waals surface area (Å²) in [5.74, 6) is -0.224. The fourth-order valence-electron chi connectivity index (χ4n) is 1.83. The highest BCUT2D eigenvalue weighted by Crippen LogP contribution is 2.06. The molecule has 0 fully saturated rings. The van der Waals surface area contributed by atoms with Gasteiger partial charge in [0, 0.05) is 25.9 Å². The normalized spacial score (nSPS) is 10.2. The Bertz CT molecular complexity index is 629. The van der Waals surface area contributed by atoms with Gasteiger partial charge in [-0.1, -0.05) is 24.3 Å². The number of aromatic amines is 1. The molecule has 0 aliphatic rings. The Kier molecular flexibility index (Phi) is 4.68. The van der Waals surface area contributed by atoms with Gasteiger partial charge in [0.05, 0.1) is 12.2 Å². The van der Waals surface area contributed by atoms with Crippen LogP contribution in [-0.4, -0.2) is 18.0 Å². The maximum absolute atomic E-state index is 11.9. The Morgan fingerprint density at radius 2 is 2.05 bits per heavy atom. The van der Waals surface area contributed by atoms with Gasteiger partial charge in [-0.3, -0.25) is 9.59 Å². The maximum Gasteiger partial charge on any atom is 0.253 e. The van der Waals surface area contributed by atoms with Gasteiger partial charge in [0.1, 0.15) is 0 Å². The lowest BCUT2D eigenvalue weighted by atomic mass is 10.1. The fraction of sp³-hybridized carbons (Fsp3) is 0.200. The minimum atomic E-state index is -0.228. The van der Waals surface area contributed by atoms with Gasteiger partial charge in [0.15, 0.2) is 0 Å². The molecule has 0 unspecified atom stereocenters. The number of hydrogen-bond donors (Lipinski definition) is 2. The molecule has 0 saturated carbocycles. The number of aromatic nitrogens is 1. The molecule has 1 heterocycles. The van der Waals surface area contributed by atoms with Crippen LogP contribution in [0.1, 0.15) is 21.5 Å². The van der Waals surface area contributed by atoms with Crippen LogP contribution in [0.25, 0.3) is 0 Å². The van der Waals surface area contributed by atoms with Crippen LogP contribution in [0.4, 0.5) is 0 Å². The quantitative estimate of drug-likeness (QED) is 0.865. The number of rotatable bonds is 5. The summed E-state index contributed by atoms with van der Waals surface area (Å²) in [6.07, 6.45) is 1.40. The molecular formula is C15H16N2O3. The number of methoxy groups -OCH3 is 1. The van der Waals surface area contributed by atoms with Crippen molar-refractivity contribution in [2.75, 3.05) is 7.11 Å². The third-order valence-corrected chi connectivity index (χ3v) is 2.80. The van der Waals surface area contributed by atoms with Crippen molar-refractivity contribution in [2.45, 2.75) is 13.2 Å². The van der Waals surface area contributed by atoms with Crippen LogP contribution in [0.5, 0.6) is 0 Å². The summed E-state index contributed by atoms with van der Waals surface area (Å²) >= 11 is 0. The van der Waals surface area contributed by atoms with E-state index in [4.69, 9.17) is 4.74 Å². The molecule has 2 N–H and O–H groups in total. The molecule has 0 spiro atoms. The monoisotopic (exact) mass is 272 g/mol. The molecule has 20 heavy (non-hydrogen) atoms. The lowest BCUT2D eigenvalue weighted by Gasteiger charge is -2.07. The molecule has 2 aromatic rings. The summed E-state index contributed by atoms with van der Waals surface area (Å²) in [6.45, 7) is 0.969. The maximum atomic E-state index is 11.9. The zero-order chi connectivity index (χ0) is 14.4. The standard InChI is InChI=1S/C15H16N2O3/c1-20-10-12-4-2-3-11(7-12)8-17-15(19)13-5-6-14(18)16-9-13/h2-7,9H,8,10H2,1H3,(H,16,18)(H,17,19). The Balaban J connectivity index is 1.97. The molecule has 0 aliphatic carbocycles. The van der Waals surface area contributed by atoms with Crippen molar-refractivity contribution in [1.29, 1.82) is 0 Å². The highest BCUT2D eigenvalue weighted by Gasteiger charge is 2.05. The van der Waals surface area contributed by atoms with Gasteiger partial charge in [-0.05, 0) is 17.2 Å². The fourth-order valence-corrected chi connectivity index (χ4v) is 1.83. The number of pyridine rings is 1. The van der Waals surface area contributed by atoms with Crippen LogP contribution >= 0.6 is 0 Å². The molecule has 0 saturated heterocycles. The van der Waals surface area contributed by atoms with Crippen molar-refractivity contribution in [3.05, 3.63) is 69.6 Å². The second-order valence-electron chi connectivity index (χ2n) is 4.38.